The first-order valence-electron chi connectivity index (χ1n) is 5.68. The standard InChI is InChI=1S/C6N4O.C6H14O3/c7-1-5(2-8)6(3-9,4-10)11-5;1-2-3-6(9,4-7)5-8/h;7-9H,2-5H2,1H3. The normalized spacial score (nSPS) is 17.2. The van der Waals surface area contributed by atoms with Crippen molar-refractivity contribution < 1.29 is 20.1 Å². The van der Waals surface area contributed by atoms with Gasteiger partial charge in [-0.3, -0.25) is 0 Å². The lowest BCUT2D eigenvalue weighted by molar-refractivity contribution is -0.0605. The molecule has 0 aliphatic carbocycles. The Balaban J connectivity index is 0.000000370. The van der Waals surface area contributed by atoms with Gasteiger partial charge in [0.25, 0.3) is 11.2 Å². The Morgan fingerprint density at radius 1 is 0.950 bits per heavy atom. The van der Waals surface area contributed by atoms with Crippen LogP contribution in [0.4, 0.5) is 0 Å². The zero-order chi connectivity index (χ0) is 15.9. The molecule has 3 N–H and O–H groups in total. The fourth-order valence-corrected chi connectivity index (χ4v) is 1.33. The van der Waals surface area contributed by atoms with Crippen molar-refractivity contribution in [2.75, 3.05) is 13.2 Å². The summed E-state index contributed by atoms with van der Waals surface area (Å²) in [6.45, 7) is 1.16. The molecule has 1 heterocycles. The van der Waals surface area contributed by atoms with Gasteiger partial charge in [0, 0.05) is 0 Å². The lowest BCUT2D eigenvalue weighted by Gasteiger charge is -2.21. The average molecular weight is 278 g/mol. The average Bonchev–Trinajstić information content (AvgIpc) is 3.17. The van der Waals surface area contributed by atoms with E-state index in [0.717, 1.165) is 6.42 Å². The molecule has 20 heavy (non-hydrogen) atoms. The van der Waals surface area contributed by atoms with Crippen LogP contribution in [0.2, 0.25) is 0 Å². The molecule has 0 amide bonds. The molecular weight excluding hydrogens is 264 g/mol. The quantitative estimate of drug-likeness (QED) is 0.555. The van der Waals surface area contributed by atoms with Crippen molar-refractivity contribution in [2.45, 2.75) is 36.6 Å². The highest BCUT2D eigenvalue weighted by Crippen LogP contribution is 2.46. The summed E-state index contributed by atoms with van der Waals surface area (Å²) in [5.74, 6) is 0. The first-order chi connectivity index (χ1) is 9.38. The third-order valence-electron chi connectivity index (χ3n) is 2.69. The molecule has 1 saturated heterocycles. The summed E-state index contributed by atoms with van der Waals surface area (Å²) in [5.41, 5.74) is -4.98. The number of nitriles is 4. The molecule has 0 aromatic heterocycles. The molecule has 0 bridgehead atoms. The molecule has 8 heteroatoms. The van der Waals surface area contributed by atoms with Crippen molar-refractivity contribution in [3.05, 3.63) is 0 Å². The predicted octanol–water partition coefficient (Wildman–Crippen LogP) is -0.909. The number of aliphatic hydroxyl groups is 3. The summed E-state index contributed by atoms with van der Waals surface area (Å²) in [6.07, 6.45) is 1.21. The fraction of sp³-hybridized carbons (Fsp3) is 0.667. The Morgan fingerprint density at radius 2 is 1.30 bits per heavy atom. The molecule has 0 atom stereocenters. The maximum atomic E-state index is 9.13. The van der Waals surface area contributed by atoms with Gasteiger partial charge in [-0.15, -0.1) is 0 Å². The van der Waals surface area contributed by atoms with E-state index in [-0.39, 0.29) is 13.2 Å². The van der Waals surface area contributed by atoms with E-state index < -0.39 is 16.8 Å². The number of ether oxygens (including phenoxy) is 1. The van der Waals surface area contributed by atoms with Crippen LogP contribution in [-0.4, -0.2) is 45.3 Å². The van der Waals surface area contributed by atoms with Gasteiger partial charge in [-0.25, -0.2) is 0 Å². The molecule has 0 aromatic carbocycles. The Kier molecular flexibility index (Phi) is 6.07. The highest BCUT2D eigenvalue weighted by Gasteiger charge is 2.75. The van der Waals surface area contributed by atoms with Crippen LogP contribution >= 0.6 is 0 Å². The van der Waals surface area contributed by atoms with Crippen LogP contribution in [0.3, 0.4) is 0 Å². The van der Waals surface area contributed by atoms with E-state index >= 15 is 0 Å². The Bertz CT molecular complexity index is 438. The summed E-state index contributed by atoms with van der Waals surface area (Å²) in [6, 6.07) is 5.87. The van der Waals surface area contributed by atoms with Crippen molar-refractivity contribution in [2.24, 2.45) is 0 Å². The maximum absolute atomic E-state index is 9.13. The number of hydrogen-bond donors (Lipinski definition) is 3. The highest BCUT2D eigenvalue weighted by molar-refractivity contribution is 5.50. The summed E-state index contributed by atoms with van der Waals surface area (Å²) in [5, 5.41) is 59.6. The second-order valence-electron chi connectivity index (χ2n) is 4.20. The summed E-state index contributed by atoms with van der Waals surface area (Å²) in [4.78, 5) is 0. The topological polar surface area (TPSA) is 168 Å². The fourth-order valence-electron chi connectivity index (χ4n) is 1.33. The van der Waals surface area contributed by atoms with Gasteiger partial charge in [-0.2, -0.15) is 21.0 Å². The van der Waals surface area contributed by atoms with Gasteiger partial charge in [0.2, 0.25) is 0 Å². The molecule has 0 saturated carbocycles. The molecule has 0 unspecified atom stereocenters. The van der Waals surface area contributed by atoms with Crippen LogP contribution in [0.5, 0.6) is 0 Å². The van der Waals surface area contributed by atoms with Crippen LogP contribution in [0.15, 0.2) is 0 Å². The van der Waals surface area contributed by atoms with Crippen LogP contribution in [0, 0.1) is 45.3 Å². The van der Waals surface area contributed by atoms with Crippen LogP contribution in [0.25, 0.3) is 0 Å². The Labute approximate surface area is 116 Å². The number of rotatable bonds is 4. The van der Waals surface area contributed by atoms with E-state index in [1.807, 2.05) is 6.92 Å². The van der Waals surface area contributed by atoms with E-state index in [1.54, 1.807) is 0 Å². The van der Waals surface area contributed by atoms with Crippen molar-refractivity contribution in [3.8, 4) is 24.3 Å². The highest BCUT2D eigenvalue weighted by atomic mass is 16.6. The molecule has 0 spiro atoms. The first-order valence-corrected chi connectivity index (χ1v) is 5.68. The van der Waals surface area contributed by atoms with E-state index in [9.17, 15) is 0 Å². The first kappa shape index (κ1) is 17.8. The SMILES string of the molecule is CCCC(O)(CO)CO.N#CC1(C#N)OC1(C#N)C#N. The molecule has 1 fully saturated rings. The van der Waals surface area contributed by atoms with E-state index in [0.29, 0.717) is 6.42 Å². The van der Waals surface area contributed by atoms with Gasteiger partial charge in [0.15, 0.2) is 0 Å². The number of epoxide rings is 1. The van der Waals surface area contributed by atoms with Crippen LogP contribution in [0.1, 0.15) is 19.8 Å². The maximum Gasteiger partial charge on any atom is 0.300 e. The van der Waals surface area contributed by atoms with Crippen LogP contribution < -0.4 is 0 Å². The third kappa shape index (κ3) is 3.22. The Hall–Kier alpha value is -2.20. The number of aliphatic hydroxyl groups excluding tert-OH is 2. The lowest BCUT2D eigenvalue weighted by atomic mass is 9.98. The second kappa shape index (κ2) is 6.82. The minimum Gasteiger partial charge on any atom is -0.393 e. The van der Waals surface area contributed by atoms with Gasteiger partial charge in [-0.05, 0) is 6.42 Å². The zero-order valence-corrected chi connectivity index (χ0v) is 10.9. The van der Waals surface area contributed by atoms with E-state index in [2.05, 4.69) is 4.74 Å². The number of hydrogen-bond acceptors (Lipinski definition) is 8. The van der Waals surface area contributed by atoms with E-state index in [1.165, 1.54) is 24.3 Å². The second-order valence-corrected chi connectivity index (χ2v) is 4.20. The molecule has 106 valence electrons. The monoisotopic (exact) mass is 278 g/mol. The third-order valence-corrected chi connectivity index (χ3v) is 2.69. The smallest absolute Gasteiger partial charge is 0.300 e. The molecule has 1 aliphatic heterocycles. The lowest BCUT2D eigenvalue weighted by Crippen LogP contribution is -2.37. The minimum atomic E-state index is -1.86. The summed E-state index contributed by atoms with van der Waals surface area (Å²) in [7, 11) is 0. The molecule has 0 aromatic rings. The van der Waals surface area contributed by atoms with Crippen LogP contribution in [-0.2, 0) is 4.74 Å². The predicted molar refractivity (Wildman–Crippen MR) is 63.0 cm³/mol. The minimum absolute atomic E-state index is 0.364. The van der Waals surface area contributed by atoms with Gasteiger partial charge in [-0.1, -0.05) is 13.3 Å². The zero-order valence-electron chi connectivity index (χ0n) is 10.9. The molecule has 0 radical (unpaired) electrons. The molecule has 1 rings (SSSR count). The summed E-state index contributed by atoms with van der Waals surface area (Å²) >= 11 is 0. The Morgan fingerprint density at radius 3 is 1.40 bits per heavy atom. The molecular formula is C12H14N4O4. The molecule has 1 aliphatic rings. The van der Waals surface area contributed by atoms with Crippen molar-refractivity contribution in [1.82, 2.24) is 0 Å². The van der Waals surface area contributed by atoms with Crippen molar-refractivity contribution >= 4 is 0 Å². The van der Waals surface area contributed by atoms with Crippen molar-refractivity contribution in [3.63, 3.8) is 0 Å². The largest absolute Gasteiger partial charge is 0.393 e. The van der Waals surface area contributed by atoms with Gasteiger partial charge in [0.1, 0.15) is 29.9 Å². The molecule has 8 nitrogen and oxygen atoms in total. The van der Waals surface area contributed by atoms with Gasteiger partial charge in [0.05, 0.1) is 13.2 Å². The summed E-state index contributed by atoms with van der Waals surface area (Å²) < 4.78 is 4.44. The van der Waals surface area contributed by atoms with Gasteiger partial charge >= 0.3 is 0 Å². The number of nitrogens with zero attached hydrogens (tertiary/aromatic N) is 4. The van der Waals surface area contributed by atoms with E-state index in [4.69, 9.17) is 36.4 Å². The van der Waals surface area contributed by atoms with Gasteiger partial charge < -0.3 is 20.1 Å². The van der Waals surface area contributed by atoms with Crippen molar-refractivity contribution in [1.29, 1.82) is 21.0 Å².